The topological polar surface area (TPSA) is 84.9 Å². The van der Waals surface area contributed by atoms with Gasteiger partial charge in [-0.15, -0.1) is 0 Å². The Morgan fingerprint density at radius 3 is 2.69 bits per heavy atom. The lowest BCUT2D eigenvalue weighted by Gasteiger charge is -2.19. The molecule has 3 heterocycles. The van der Waals surface area contributed by atoms with Crippen LogP contribution < -0.4 is 10.1 Å². The predicted octanol–water partition coefficient (Wildman–Crippen LogP) is 5.31. The van der Waals surface area contributed by atoms with Crippen LogP contribution in [0.2, 0.25) is 0 Å². The van der Waals surface area contributed by atoms with Gasteiger partial charge in [-0.2, -0.15) is 0 Å². The standard InChI is InChI=1S/C25H29N3O4/c1-14-10-15(2)26-18(14)12-21-23(30-6)13-20(28-21)19-11-16-17(27-19)8-7-9-22(16)31-24(29)32-25(3,4)5/h7-10,12-13,19,26-27H,11H2,1-6H3/b21-12-. The van der Waals surface area contributed by atoms with Gasteiger partial charge >= 0.3 is 6.16 Å². The molecule has 0 bridgehead atoms. The number of nitrogens with one attached hydrogen (secondary N) is 2. The summed E-state index contributed by atoms with van der Waals surface area (Å²) in [5.74, 6) is 1.21. The summed E-state index contributed by atoms with van der Waals surface area (Å²) in [6.45, 7) is 9.51. The van der Waals surface area contributed by atoms with E-state index in [2.05, 4.69) is 23.3 Å². The second-order valence-electron chi connectivity index (χ2n) is 9.08. The molecule has 1 unspecified atom stereocenters. The van der Waals surface area contributed by atoms with E-state index in [0.29, 0.717) is 12.2 Å². The minimum atomic E-state index is -0.712. The number of carbonyl (C=O) groups is 1. The van der Waals surface area contributed by atoms with Gasteiger partial charge in [0.1, 0.15) is 22.8 Å². The number of fused-ring (bicyclic) bond motifs is 1. The summed E-state index contributed by atoms with van der Waals surface area (Å²) in [7, 11) is 1.65. The number of hydrogen-bond acceptors (Lipinski definition) is 6. The Hall–Kier alpha value is -3.48. The van der Waals surface area contributed by atoms with Crippen LogP contribution in [0, 0.1) is 13.8 Å². The van der Waals surface area contributed by atoms with Crippen LogP contribution >= 0.6 is 0 Å². The van der Waals surface area contributed by atoms with Gasteiger partial charge in [-0.05, 0) is 64.5 Å². The number of aromatic amines is 1. The zero-order valence-corrected chi connectivity index (χ0v) is 19.3. The summed E-state index contributed by atoms with van der Waals surface area (Å²) in [5, 5.41) is 3.48. The SMILES string of the molecule is COC1=CC(C2Cc3c(cccc3OC(=O)OC(C)(C)C)N2)=N/C1=C\c1[nH]c(C)cc1C. The summed E-state index contributed by atoms with van der Waals surface area (Å²) in [6.07, 6.45) is 3.88. The van der Waals surface area contributed by atoms with Crippen molar-refractivity contribution in [1.29, 1.82) is 0 Å². The third kappa shape index (κ3) is 4.56. The molecule has 2 aliphatic heterocycles. The van der Waals surface area contributed by atoms with Gasteiger partial charge in [-0.1, -0.05) is 6.07 Å². The van der Waals surface area contributed by atoms with E-state index in [0.717, 1.165) is 45.4 Å². The largest absolute Gasteiger partial charge is 0.514 e. The molecule has 2 aromatic rings. The minimum Gasteiger partial charge on any atom is -0.494 e. The lowest BCUT2D eigenvalue weighted by Crippen LogP contribution is -2.26. The number of aryl methyl sites for hydroxylation is 2. The quantitative estimate of drug-likeness (QED) is 0.502. The molecule has 1 aromatic carbocycles. The lowest BCUT2D eigenvalue weighted by atomic mass is 10.1. The summed E-state index contributed by atoms with van der Waals surface area (Å²) < 4.78 is 16.4. The van der Waals surface area contributed by atoms with Gasteiger partial charge in [0.05, 0.1) is 18.9 Å². The van der Waals surface area contributed by atoms with E-state index in [4.69, 9.17) is 19.2 Å². The van der Waals surface area contributed by atoms with Crippen molar-refractivity contribution in [3.63, 3.8) is 0 Å². The van der Waals surface area contributed by atoms with Gasteiger partial charge in [-0.3, -0.25) is 0 Å². The Kier molecular flexibility index (Phi) is 5.59. The zero-order chi connectivity index (χ0) is 23.0. The molecule has 4 rings (SSSR count). The highest BCUT2D eigenvalue weighted by Gasteiger charge is 2.31. The molecule has 0 fully saturated rings. The first-order valence-corrected chi connectivity index (χ1v) is 10.6. The van der Waals surface area contributed by atoms with Crippen molar-refractivity contribution >= 4 is 23.6 Å². The fourth-order valence-corrected chi connectivity index (χ4v) is 3.91. The molecule has 7 nitrogen and oxygen atoms in total. The highest BCUT2D eigenvalue weighted by Crippen LogP contribution is 2.36. The number of hydrogen-bond donors (Lipinski definition) is 2. The average Bonchev–Trinajstić information content (AvgIpc) is 3.37. The third-order valence-corrected chi connectivity index (χ3v) is 5.28. The predicted molar refractivity (Wildman–Crippen MR) is 125 cm³/mol. The van der Waals surface area contributed by atoms with Crippen LogP contribution in [0.15, 0.2) is 46.8 Å². The number of benzene rings is 1. The average molecular weight is 436 g/mol. The molecule has 0 aliphatic carbocycles. The summed E-state index contributed by atoms with van der Waals surface area (Å²) in [4.78, 5) is 20.4. The van der Waals surface area contributed by atoms with Crippen molar-refractivity contribution in [3.8, 4) is 5.75 Å². The van der Waals surface area contributed by atoms with Gasteiger partial charge in [0, 0.05) is 35.1 Å². The Morgan fingerprint density at radius 1 is 1.25 bits per heavy atom. The first-order chi connectivity index (χ1) is 15.1. The highest BCUT2D eigenvalue weighted by molar-refractivity contribution is 6.06. The van der Waals surface area contributed by atoms with Crippen LogP contribution in [0.4, 0.5) is 10.5 Å². The van der Waals surface area contributed by atoms with Crippen LogP contribution in [0.1, 0.15) is 43.3 Å². The fraction of sp³-hybridized carbons (Fsp3) is 0.360. The van der Waals surface area contributed by atoms with Gasteiger partial charge in [0.2, 0.25) is 0 Å². The van der Waals surface area contributed by atoms with Gasteiger partial charge in [-0.25, -0.2) is 9.79 Å². The molecule has 168 valence electrons. The summed E-state index contributed by atoms with van der Waals surface area (Å²) in [5.41, 5.74) is 6.14. The van der Waals surface area contributed by atoms with E-state index in [1.807, 2.05) is 31.2 Å². The van der Waals surface area contributed by atoms with E-state index in [1.165, 1.54) is 0 Å². The Labute approximate surface area is 188 Å². The van der Waals surface area contributed by atoms with Gasteiger partial charge in [0.25, 0.3) is 0 Å². The second kappa shape index (κ2) is 8.22. The Balaban J connectivity index is 1.55. The molecule has 2 aliphatic rings. The third-order valence-electron chi connectivity index (χ3n) is 5.28. The molecule has 0 saturated heterocycles. The van der Waals surface area contributed by atoms with Crippen molar-refractivity contribution in [2.24, 2.45) is 4.99 Å². The maximum atomic E-state index is 12.2. The molecule has 7 heteroatoms. The first kappa shape index (κ1) is 21.7. The lowest BCUT2D eigenvalue weighted by molar-refractivity contribution is 0.0204. The molecule has 1 atom stereocenters. The first-order valence-electron chi connectivity index (χ1n) is 10.6. The van der Waals surface area contributed by atoms with Crippen LogP contribution in [0.25, 0.3) is 6.08 Å². The summed E-state index contributed by atoms with van der Waals surface area (Å²) >= 11 is 0. The number of carbonyl (C=O) groups excluding carboxylic acids is 1. The van der Waals surface area contributed by atoms with Crippen molar-refractivity contribution in [1.82, 2.24) is 4.98 Å². The van der Waals surface area contributed by atoms with E-state index < -0.39 is 11.8 Å². The van der Waals surface area contributed by atoms with E-state index in [9.17, 15) is 4.79 Å². The Bertz CT molecular complexity index is 1150. The number of rotatable bonds is 4. The molecule has 0 spiro atoms. The molecule has 32 heavy (non-hydrogen) atoms. The molecule has 1 aromatic heterocycles. The highest BCUT2D eigenvalue weighted by atomic mass is 16.7. The Morgan fingerprint density at radius 2 is 2.03 bits per heavy atom. The summed E-state index contributed by atoms with van der Waals surface area (Å²) in [6, 6.07) is 7.64. The molecule has 0 radical (unpaired) electrons. The van der Waals surface area contributed by atoms with E-state index in [-0.39, 0.29) is 6.04 Å². The van der Waals surface area contributed by atoms with E-state index >= 15 is 0 Å². The zero-order valence-electron chi connectivity index (χ0n) is 19.3. The fourth-order valence-electron chi connectivity index (χ4n) is 3.91. The van der Waals surface area contributed by atoms with Crippen molar-refractivity contribution in [3.05, 3.63) is 64.3 Å². The number of nitrogens with zero attached hydrogens (tertiary/aromatic N) is 1. The number of aromatic nitrogens is 1. The van der Waals surface area contributed by atoms with Gasteiger partial charge in [0.15, 0.2) is 0 Å². The van der Waals surface area contributed by atoms with Crippen molar-refractivity contribution < 1.29 is 19.0 Å². The second-order valence-corrected chi connectivity index (χ2v) is 9.08. The van der Waals surface area contributed by atoms with Crippen LogP contribution in [-0.4, -0.2) is 35.6 Å². The van der Waals surface area contributed by atoms with Crippen molar-refractivity contribution in [2.45, 2.75) is 52.7 Å². The molecular weight excluding hydrogens is 406 g/mol. The van der Waals surface area contributed by atoms with Crippen LogP contribution in [0.3, 0.4) is 0 Å². The maximum absolute atomic E-state index is 12.2. The smallest absolute Gasteiger partial charge is 0.494 e. The molecule has 0 saturated carbocycles. The molecule has 2 N–H and O–H groups in total. The number of H-pyrrole nitrogens is 1. The number of anilines is 1. The monoisotopic (exact) mass is 435 g/mol. The number of ether oxygens (including phenoxy) is 3. The molecular formula is C25H29N3O4. The van der Waals surface area contributed by atoms with E-state index in [1.54, 1.807) is 33.9 Å². The molecule has 0 amide bonds. The number of aliphatic imine (C=N–C) groups is 1. The van der Waals surface area contributed by atoms with Crippen LogP contribution in [0.5, 0.6) is 5.75 Å². The number of methoxy groups -OCH3 is 1. The minimum absolute atomic E-state index is 0.0593. The van der Waals surface area contributed by atoms with Crippen LogP contribution in [-0.2, 0) is 15.9 Å². The van der Waals surface area contributed by atoms with Crippen molar-refractivity contribution in [2.75, 3.05) is 12.4 Å². The normalized spacial score (nSPS) is 18.7. The van der Waals surface area contributed by atoms with Gasteiger partial charge < -0.3 is 24.5 Å². The maximum Gasteiger partial charge on any atom is 0.514 e.